The maximum atomic E-state index is 12.3. The second kappa shape index (κ2) is 6.20. The minimum Gasteiger partial charge on any atom is -0.481 e. The van der Waals surface area contributed by atoms with Gasteiger partial charge in [0.1, 0.15) is 0 Å². The fourth-order valence-electron chi connectivity index (χ4n) is 2.57. The van der Waals surface area contributed by atoms with E-state index in [1.165, 1.54) is 0 Å². The Morgan fingerprint density at radius 2 is 2.22 bits per heavy atom. The lowest BCUT2D eigenvalue weighted by atomic mass is 10.1. The summed E-state index contributed by atoms with van der Waals surface area (Å²) in [4.78, 5) is 27.0. The summed E-state index contributed by atoms with van der Waals surface area (Å²) in [5, 5.41) is 3.14. The third kappa shape index (κ3) is 2.94. The fraction of sp³-hybridized carbons (Fsp3) is 0.375. The summed E-state index contributed by atoms with van der Waals surface area (Å²) < 4.78 is 5.37. The lowest BCUT2D eigenvalue weighted by molar-refractivity contribution is 0.0786. The SMILES string of the molecule is CCN1Cc2nc(OC)c(CNc3nccc(C)n3)cc2C1=O. The molecule has 0 atom stereocenters. The van der Waals surface area contributed by atoms with E-state index in [9.17, 15) is 4.79 Å². The smallest absolute Gasteiger partial charge is 0.256 e. The highest BCUT2D eigenvalue weighted by molar-refractivity contribution is 5.98. The Morgan fingerprint density at radius 1 is 1.39 bits per heavy atom. The van der Waals surface area contributed by atoms with Crippen molar-refractivity contribution in [2.24, 2.45) is 0 Å². The second-order valence-electron chi connectivity index (χ2n) is 5.35. The number of hydrogen-bond donors (Lipinski definition) is 1. The molecule has 1 amide bonds. The number of anilines is 1. The van der Waals surface area contributed by atoms with E-state index < -0.39 is 0 Å². The van der Waals surface area contributed by atoms with Crippen molar-refractivity contribution in [2.75, 3.05) is 19.0 Å². The zero-order chi connectivity index (χ0) is 16.4. The molecular formula is C16H19N5O2. The molecule has 0 aromatic carbocycles. The largest absolute Gasteiger partial charge is 0.481 e. The van der Waals surface area contributed by atoms with E-state index in [4.69, 9.17) is 4.74 Å². The first-order valence-electron chi connectivity index (χ1n) is 7.52. The molecule has 0 saturated heterocycles. The second-order valence-corrected chi connectivity index (χ2v) is 5.35. The Labute approximate surface area is 134 Å². The maximum absolute atomic E-state index is 12.3. The van der Waals surface area contributed by atoms with Crippen molar-refractivity contribution in [2.45, 2.75) is 26.9 Å². The summed E-state index contributed by atoms with van der Waals surface area (Å²) in [6.07, 6.45) is 1.70. The Bertz CT molecular complexity index is 747. The monoisotopic (exact) mass is 313 g/mol. The van der Waals surface area contributed by atoms with Gasteiger partial charge in [0.2, 0.25) is 11.8 Å². The molecule has 1 aliphatic rings. The first-order chi connectivity index (χ1) is 11.1. The van der Waals surface area contributed by atoms with Crippen molar-refractivity contribution >= 4 is 11.9 Å². The van der Waals surface area contributed by atoms with Crippen LogP contribution in [0.5, 0.6) is 5.88 Å². The van der Waals surface area contributed by atoms with Crippen molar-refractivity contribution in [3.05, 3.63) is 40.8 Å². The van der Waals surface area contributed by atoms with Crippen molar-refractivity contribution in [1.29, 1.82) is 0 Å². The molecule has 2 aromatic rings. The molecule has 7 nitrogen and oxygen atoms in total. The quantitative estimate of drug-likeness (QED) is 0.906. The van der Waals surface area contributed by atoms with Crippen LogP contribution in [0.15, 0.2) is 18.3 Å². The van der Waals surface area contributed by atoms with Crippen LogP contribution in [-0.4, -0.2) is 39.4 Å². The summed E-state index contributed by atoms with van der Waals surface area (Å²) in [6, 6.07) is 3.68. The van der Waals surface area contributed by atoms with Gasteiger partial charge in [0.25, 0.3) is 5.91 Å². The number of pyridine rings is 1. The minimum atomic E-state index is 0.0192. The van der Waals surface area contributed by atoms with Gasteiger partial charge in [0.05, 0.1) is 24.9 Å². The third-order valence-corrected chi connectivity index (χ3v) is 3.81. The van der Waals surface area contributed by atoms with Gasteiger partial charge in [-0.1, -0.05) is 0 Å². The third-order valence-electron chi connectivity index (χ3n) is 3.81. The van der Waals surface area contributed by atoms with E-state index in [0.29, 0.717) is 37.0 Å². The van der Waals surface area contributed by atoms with E-state index >= 15 is 0 Å². The van der Waals surface area contributed by atoms with Gasteiger partial charge in [0.15, 0.2) is 0 Å². The van der Waals surface area contributed by atoms with Crippen molar-refractivity contribution in [3.8, 4) is 5.88 Å². The zero-order valence-corrected chi connectivity index (χ0v) is 13.5. The van der Waals surface area contributed by atoms with Gasteiger partial charge in [-0.2, -0.15) is 0 Å². The molecule has 7 heteroatoms. The highest BCUT2D eigenvalue weighted by atomic mass is 16.5. The van der Waals surface area contributed by atoms with Crippen LogP contribution in [0.2, 0.25) is 0 Å². The van der Waals surface area contributed by atoms with E-state index in [-0.39, 0.29) is 5.91 Å². The Morgan fingerprint density at radius 3 is 2.91 bits per heavy atom. The Balaban J connectivity index is 1.85. The van der Waals surface area contributed by atoms with Gasteiger partial charge in [-0.3, -0.25) is 4.79 Å². The van der Waals surface area contributed by atoms with Gasteiger partial charge < -0.3 is 15.0 Å². The fourth-order valence-corrected chi connectivity index (χ4v) is 2.57. The molecule has 0 fully saturated rings. The average Bonchev–Trinajstić information content (AvgIpc) is 2.87. The number of rotatable bonds is 5. The number of carbonyl (C=O) groups is 1. The van der Waals surface area contributed by atoms with Gasteiger partial charge in [-0.15, -0.1) is 0 Å². The first-order valence-corrected chi connectivity index (χ1v) is 7.52. The molecule has 1 aliphatic heterocycles. The van der Waals surface area contributed by atoms with Crippen LogP contribution in [0, 0.1) is 6.92 Å². The number of methoxy groups -OCH3 is 1. The molecule has 3 rings (SSSR count). The Kier molecular flexibility index (Phi) is 4.10. The van der Waals surface area contributed by atoms with Gasteiger partial charge in [-0.05, 0) is 26.0 Å². The molecule has 0 radical (unpaired) electrons. The average molecular weight is 313 g/mol. The molecule has 0 saturated carbocycles. The number of carbonyl (C=O) groups excluding carboxylic acids is 1. The number of nitrogens with one attached hydrogen (secondary N) is 1. The number of hydrogen-bond acceptors (Lipinski definition) is 6. The van der Waals surface area contributed by atoms with Crippen LogP contribution in [0.3, 0.4) is 0 Å². The number of aromatic nitrogens is 3. The highest BCUT2D eigenvalue weighted by Gasteiger charge is 2.29. The number of fused-ring (bicyclic) bond motifs is 1. The summed E-state index contributed by atoms with van der Waals surface area (Å²) >= 11 is 0. The minimum absolute atomic E-state index is 0.0192. The van der Waals surface area contributed by atoms with Gasteiger partial charge in [-0.25, -0.2) is 15.0 Å². The van der Waals surface area contributed by atoms with Crippen molar-refractivity contribution in [3.63, 3.8) is 0 Å². The summed E-state index contributed by atoms with van der Waals surface area (Å²) in [6.45, 7) is 5.51. The molecule has 3 heterocycles. The molecule has 2 aromatic heterocycles. The molecule has 120 valence electrons. The lowest BCUT2D eigenvalue weighted by Crippen LogP contribution is -2.23. The van der Waals surface area contributed by atoms with Crippen molar-refractivity contribution in [1.82, 2.24) is 19.9 Å². The van der Waals surface area contributed by atoms with Crippen LogP contribution in [0.25, 0.3) is 0 Å². The molecule has 0 aliphatic carbocycles. The summed E-state index contributed by atoms with van der Waals surface area (Å²) in [5.74, 6) is 1.08. The van der Waals surface area contributed by atoms with E-state index in [0.717, 1.165) is 17.0 Å². The van der Waals surface area contributed by atoms with Crippen LogP contribution in [-0.2, 0) is 13.1 Å². The molecular weight excluding hydrogens is 294 g/mol. The van der Waals surface area contributed by atoms with E-state index in [1.807, 2.05) is 26.0 Å². The highest BCUT2D eigenvalue weighted by Crippen LogP contribution is 2.27. The number of ether oxygens (including phenoxy) is 1. The summed E-state index contributed by atoms with van der Waals surface area (Å²) in [7, 11) is 1.58. The number of amides is 1. The van der Waals surface area contributed by atoms with Gasteiger partial charge >= 0.3 is 0 Å². The lowest BCUT2D eigenvalue weighted by Gasteiger charge is -2.10. The number of nitrogens with zero attached hydrogens (tertiary/aromatic N) is 4. The number of aryl methyl sites for hydroxylation is 1. The van der Waals surface area contributed by atoms with Crippen molar-refractivity contribution < 1.29 is 9.53 Å². The maximum Gasteiger partial charge on any atom is 0.256 e. The first kappa shape index (κ1) is 15.2. The molecule has 0 bridgehead atoms. The zero-order valence-electron chi connectivity index (χ0n) is 13.5. The standard InChI is InChI=1S/C16H19N5O2/c1-4-21-9-13-12(15(21)22)7-11(14(20-13)23-3)8-18-16-17-6-5-10(2)19-16/h5-7H,4,8-9H2,1-3H3,(H,17,18,19). The van der Waals surface area contributed by atoms with Gasteiger partial charge in [0, 0.05) is 30.5 Å². The summed E-state index contributed by atoms with van der Waals surface area (Å²) in [5.41, 5.74) is 3.11. The molecule has 23 heavy (non-hydrogen) atoms. The van der Waals surface area contributed by atoms with E-state index in [1.54, 1.807) is 18.2 Å². The molecule has 1 N–H and O–H groups in total. The Hall–Kier alpha value is -2.70. The van der Waals surface area contributed by atoms with Crippen LogP contribution in [0.1, 0.15) is 34.2 Å². The predicted molar refractivity (Wildman–Crippen MR) is 85.3 cm³/mol. The molecule has 0 spiro atoms. The van der Waals surface area contributed by atoms with Crippen LogP contribution in [0.4, 0.5) is 5.95 Å². The topological polar surface area (TPSA) is 80.2 Å². The predicted octanol–water partition coefficient (Wildman–Crippen LogP) is 1.78. The van der Waals surface area contributed by atoms with E-state index in [2.05, 4.69) is 20.3 Å². The molecule has 0 unspecified atom stereocenters. The normalized spacial score (nSPS) is 13.2. The van der Waals surface area contributed by atoms with Crippen LogP contribution < -0.4 is 10.1 Å². The van der Waals surface area contributed by atoms with Crippen LogP contribution >= 0.6 is 0 Å².